The lowest BCUT2D eigenvalue weighted by atomic mass is 9.92. The summed E-state index contributed by atoms with van der Waals surface area (Å²) in [5.41, 5.74) is -1.40. The van der Waals surface area contributed by atoms with Crippen molar-refractivity contribution in [1.29, 1.82) is 5.26 Å². The molecule has 0 aliphatic carbocycles. The van der Waals surface area contributed by atoms with E-state index in [2.05, 4.69) is 10.1 Å². The molecule has 1 fully saturated rings. The largest absolute Gasteiger partial charge is 0.497 e. The van der Waals surface area contributed by atoms with Gasteiger partial charge >= 0.3 is 6.61 Å². The van der Waals surface area contributed by atoms with Crippen molar-refractivity contribution in [1.82, 2.24) is 9.88 Å². The lowest BCUT2D eigenvalue weighted by Gasteiger charge is -2.20. The van der Waals surface area contributed by atoms with Gasteiger partial charge in [-0.25, -0.2) is 8.78 Å². The Labute approximate surface area is 218 Å². The molecule has 0 saturated carbocycles. The number of carbonyl (C=O) groups excluding carboxylic acids is 2. The molecule has 0 bridgehead atoms. The number of nitrogens with zero attached hydrogens (tertiary/aromatic N) is 3. The lowest BCUT2D eigenvalue weighted by molar-refractivity contribution is -0.118. The van der Waals surface area contributed by atoms with Crippen LogP contribution >= 0.6 is 0 Å². The van der Waals surface area contributed by atoms with Gasteiger partial charge in [0.2, 0.25) is 5.91 Å². The number of alkyl halides is 2. The van der Waals surface area contributed by atoms with E-state index < -0.39 is 59.7 Å². The number of amides is 2. The number of halogens is 4. The zero-order valence-corrected chi connectivity index (χ0v) is 20.5. The highest BCUT2D eigenvalue weighted by atomic mass is 19.3. The normalized spacial score (nSPS) is 16.8. The topological polar surface area (TPSA) is 114 Å². The summed E-state index contributed by atoms with van der Waals surface area (Å²) < 4.78 is 65.3. The summed E-state index contributed by atoms with van der Waals surface area (Å²) in [6.07, 6.45) is 1.26. The van der Waals surface area contributed by atoms with Gasteiger partial charge in [-0.05, 0) is 30.3 Å². The number of aryl methyl sites for hydroxylation is 1. The van der Waals surface area contributed by atoms with Crippen molar-refractivity contribution in [2.75, 3.05) is 18.6 Å². The van der Waals surface area contributed by atoms with Gasteiger partial charge in [-0.1, -0.05) is 0 Å². The predicted octanol–water partition coefficient (Wildman–Crippen LogP) is 3.07. The van der Waals surface area contributed by atoms with Crippen molar-refractivity contribution in [2.45, 2.75) is 18.6 Å². The van der Waals surface area contributed by atoms with Crippen LogP contribution in [0.25, 0.3) is 0 Å². The van der Waals surface area contributed by atoms with Crippen molar-refractivity contribution in [3.8, 4) is 17.6 Å². The highest BCUT2D eigenvalue weighted by Crippen LogP contribution is 2.36. The summed E-state index contributed by atoms with van der Waals surface area (Å²) >= 11 is 0. The molecule has 1 aromatic heterocycles. The molecule has 3 aromatic rings. The van der Waals surface area contributed by atoms with Gasteiger partial charge in [-0.2, -0.15) is 14.0 Å². The Bertz CT molecular complexity index is 1510. The number of ether oxygens (including phenoxy) is 2. The fourth-order valence-corrected chi connectivity index (χ4v) is 4.36. The minimum Gasteiger partial charge on any atom is -0.497 e. The molecule has 1 saturated heterocycles. The molecule has 2 aromatic carbocycles. The summed E-state index contributed by atoms with van der Waals surface area (Å²) in [4.78, 5) is 40.3. The number of hydrogen-bond acceptors (Lipinski definition) is 6. The van der Waals surface area contributed by atoms with Crippen molar-refractivity contribution in [3.05, 3.63) is 87.3 Å². The molecule has 1 aliphatic heterocycles. The number of nitriles is 1. The number of benzene rings is 2. The molecule has 13 heteroatoms. The van der Waals surface area contributed by atoms with Crippen LogP contribution in [-0.4, -0.2) is 42.7 Å². The smallest absolute Gasteiger partial charge is 0.387 e. The van der Waals surface area contributed by atoms with E-state index in [4.69, 9.17) is 4.74 Å². The quantitative estimate of drug-likeness (QED) is 0.458. The summed E-state index contributed by atoms with van der Waals surface area (Å²) in [6.45, 7) is -3.48. The Kier molecular flexibility index (Phi) is 7.57. The average Bonchev–Trinajstić information content (AvgIpc) is 3.20. The Morgan fingerprint density at radius 2 is 1.74 bits per heavy atom. The van der Waals surface area contributed by atoms with Crippen LogP contribution in [0.3, 0.4) is 0 Å². The third-order valence-corrected chi connectivity index (χ3v) is 6.19. The van der Waals surface area contributed by atoms with E-state index in [0.29, 0.717) is 0 Å². The number of anilines is 1. The molecule has 9 nitrogen and oxygen atoms in total. The molecular weight excluding hydrogens is 524 g/mol. The summed E-state index contributed by atoms with van der Waals surface area (Å²) in [6, 6.07) is 7.90. The first-order valence-electron chi connectivity index (χ1n) is 11.3. The van der Waals surface area contributed by atoms with Gasteiger partial charge in [-0.15, -0.1) is 0 Å². The van der Waals surface area contributed by atoms with Crippen LogP contribution in [-0.2, 0) is 11.8 Å². The van der Waals surface area contributed by atoms with Gasteiger partial charge in [0.05, 0.1) is 12.7 Å². The monoisotopic (exact) mass is 544 g/mol. The van der Waals surface area contributed by atoms with Crippen molar-refractivity contribution in [3.63, 3.8) is 0 Å². The average molecular weight is 544 g/mol. The predicted molar refractivity (Wildman–Crippen MR) is 129 cm³/mol. The van der Waals surface area contributed by atoms with Crippen molar-refractivity contribution < 1.29 is 36.6 Å². The summed E-state index contributed by atoms with van der Waals surface area (Å²) in [5, 5.41) is 11.8. The van der Waals surface area contributed by atoms with Gasteiger partial charge in [0.1, 0.15) is 40.9 Å². The number of carbonyl (C=O) groups is 2. The molecule has 4 rings (SSSR count). The Hall–Kier alpha value is -4.86. The maximum absolute atomic E-state index is 15.1. The number of aromatic nitrogens is 1. The van der Waals surface area contributed by atoms with Gasteiger partial charge < -0.3 is 24.3 Å². The molecule has 2 atom stereocenters. The van der Waals surface area contributed by atoms with E-state index in [0.717, 1.165) is 33.7 Å². The molecule has 1 aliphatic rings. The SMILES string of the molecule is COc1cc(F)c([C@@H]2CN(c3cc(C#N)cn(C)c3=O)C(=O)[C@H]2NC(=O)c2ccc(OC(F)F)cc2)c(F)c1. The first kappa shape index (κ1) is 27.2. The van der Waals surface area contributed by atoms with Crippen LogP contribution < -0.4 is 25.2 Å². The maximum Gasteiger partial charge on any atom is 0.387 e. The Balaban J connectivity index is 1.75. The molecule has 1 N–H and O–H groups in total. The third-order valence-electron chi connectivity index (χ3n) is 6.19. The van der Waals surface area contributed by atoms with Crippen LogP contribution in [0.5, 0.6) is 11.5 Å². The van der Waals surface area contributed by atoms with Crippen molar-refractivity contribution in [2.24, 2.45) is 7.05 Å². The van der Waals surface area contributed by atoms with Crippen LogP contribution in [0.1, 0.15) is 27.4 Å². The molecule has 39 heavy (non-hydrogen) atoms. The van der Waals surface area contributed by atoms with Gasteiger partial charge in [-0.3, -0.25) is 14.4 Å². The lowest BCUT2D eigenvalue weighted by Crippen LogP contribution is -2.44. The third kappa shape index (κ3) is 5.40. The highest BCUT2D eigenvalue weighted by Gasteiger charge is 2.46. The number of rotatable bonds is 7. The summed E-state index contributed by atoms with van der Waals surface area (Å²) in [5.74, 6) is -5.42. The number of nitrogens with one attached hydrogen (secondary N) is 1. The van der Waals surface area contributed by atoms with E-state index in [-0.39, 0.29) is 28.3 Å². The fraction of sp³-hybridized carbons (Fsp3) is 0.231. The van der Waals surface area contributed by atoms with E-state index in [1.807, 2.05) is 6.07 Å². The second kappa shape index (κ2) is 10.9. The minimum absolute atomic E-state index is 0.0526. The van der Waals surface area contributed by atoms with E-state index >= 15 is 8.78 Å². The highest BCUT2D eigenvalue weighted by molar-refractivity contribution is 6.05. The first-order chi connectivity index (χ1) is 18.5. The second-order valence-corrected chi connectivity index (χ2v) is 8.56. The fourth-order valence-electron chi connectivity index (χ4n) is 4.36. The van der Waals surface area contributed by atoms with Crippen LogP contribution in [0, 0.1) is 23.0 Å². The van der Waals surface area contributed by atoms with Crippen LogP contribution in [0.4, 0.5) is 23.2 Å². The van der Waals surface area contributed by atoms with Crippen LogP contribution in [0.15, 0.2) is 53.5 Å². The van der Waals surface area contributed by atoms with Crippen LogP contribution in [0.2, 0.25) is 0 Å². The van der Waals surface area contributed by atoms with E-state index in [1.165, 1.54) is 38.6 Å². The molecular formula is C26H20F4N4O5. The molecule has 0 unspecified atom stereocenters. The van der Waals surface area contributed by atoms with E-state index in [9.17, 15) is 28.4 Å². The molecule has 0 radical (unpaired) electrons. The number of methoxy groups -OCH3 is 1. The number of hydrogen-bond donors (Lipinski definition) is 1. The molecule has 0 spiro atoms. The Morgan fingerprint density at radius 1 is 1.10 bits per heavy atom. The minimum atomic E-state index is -3.07. The van der Waals surface area contributed by atoms with Gasteiger partial charge in [0.15, 0.2) is 0 Å². The standard InChI is InChI=1S/C26H20F4N4O5/c1-33-11-13(10-31)7-20(24(33)36)34-12-17(21-18(27)8-16(38-2)9-19(21)28)22(25(34)37)32-23(35)14-3-5-15(6-4-14)39-26(29)30/h3-9,11,17,22,26H,12H2,1-2H3,(H,32,35)/t17-,22-/m0/s1. The molecule has 2 heterocycles. The van der Waals surface area contributed by atoms with E-state index in [1.54, 1.807) is 0 Å². The molecule has 2 amide bonds. The maximum atomic E-state index is 15.1. The Morgan fingerprint density at radius 3 is 2.31 bits per heavy atom. The summed E-state index contributed by atoms with van der Waals surface area (Å²) in [7, 11) is 2.58. The zero-order valence-electron chi connectivity index (χ0n) is 20.5. The first-order valence-corrected chi connectivity index (χ1v) is 11.3. The second-order valence-electron chi connectivity index (χ2n) is 8.56. The van der Waals surface area contributed by atoms with Crippen molar-refractivity contribution >= 4 is 17.5 Å². The van der Waals surface area contributed by atoms with Gasteiger partial charge in [0, 0.05) is 49.0 Å². The molecule has 202 valence electrons. The number of pyridine rings is 1. The van der Waals surface area contributed by atoms with Gasteiger partial charge in [0.25, 0.3) is 11.5 Å². The zero-order chi connectivity index (χ0) is 28.4.